The van der Waals surface area contributed by atoms with Gasteiger partial charge in [0.1, 0.15) is 5.82 Å². The molecule has 0 saturated carbocycles. The van der Waals surface area contributed by atoms with Crippen LogP contribution in [0.2, 0.25) is 0 Å². The smallest absolute Gasteiger partial charge is 0.286 e. The Labute approximate surface area is 182 Å². The number of aryl methyl sites for hydroxylation is 1. The zero-order valence-electron chi connectivity index (χ0n) is 17.0. The summed E-state index contributed by atoms with van der Waals surface area (Å²) in [5.74, 6) is -2.77. The van der Waals surface area contributed by atoms with Crippen LogP contribution in [0.25, 0.3) is 11.6 Å². The topological polar surface area (TPSA) is 123 Å². The molecule has 1 atom stereocenters. The minimum Gasteiger partial charge on any atom is -0.395 e. The number of nitrogens with one attached hydrogen (secondary N) is 4. The Morgan fingerprint density at radius 3 is 2.59 bits per heavy atom. The number of carbonyl (C=O) groups is 3. The number of fused-ring (bicyclic) bond motifs is 1. The second-order valence-corrected chi connectivity index (χ2v) is 7.81. The van der Waals surface area contributed by atoms with E-state index in [-0.39, 0.29) is 52.6 Å². The predicted octanol–water partition coefficient (Wildman–Crippen LogP) is 2.56. The van der Waals surface area contributed by atoms with E-state index in [4.69, 9.17) is 5.11 Å². The molecule has 3 amide bonds. The van der Waals surface area contributed by atoms with Crippen LogP contribution in [0.1, 0.15) is 39.8 Å². The molecular weight excluding hydrogens is 448 g/mol. The Morgan fingerprint density at radius 2 is 2.00 bits per heavy atom. The minimum absolute atomic E-state index is 0.0209. The molecule has 3 rings (SSSR count). The lowest BCUT2D eigenvalue weighted by Gasteiger charge is -2.14. The van der Waals surface area contributed by atoms with Crippen molar-refractivity contribution in [2.45, 2.75) is 19.5 Å². The molecule has 2 aromatic rings. The van der Waals surface area contributed by atoms with E-state index < -0.39 is 34.8 Å². The van der Waals surface area contributed by atoms with Crippen LogP contribution >= 0.6 is 9.24 Å². The van der Waals surface area contributed by atoms with Gasteiger partial charge in [-0.15, -0.1) is 0 Å². The number of hydrogen-bond acceptors (Lipinski definition) is 4. The highest BCUT2D eigenvalue weighted by Gasteiger charge is 2.37. The van der Waals surface area contributed by atoms with Gasteiger partial charge in [-0.25, -0.2) is 4.39 Å². The molecule has 5 N–H and O–H groups in total. The predicted molar refractivity (Wildman–Crippen MR) is 116 cm³/mol. The molecule has 1 aliphatic heterocycles. The van der Waals surface area contributed by atoms with E-state index in [1.165, 1.54) is 23.1 Å². The largest absolute Gasteiger partial charge is 0.395 e. The van der Waals surface area contributed by atoms with Crippen LogP contribution in [0.3, 0.4) is 0 Å². The Bertz CT molecular complexity index is 1150. The zero-order chi connectivity index (χ0) is 23.8. The van der Waals surface area contributed by atoms with Crippen molar-refractivity contribution in [2.24, 2.45) is 0 Å². The maximum Gasteiger partial charge on any atom is 0.286 e. The Kier molecular flexibility index (Phi) is 6.43. The number of hydrogen-bond donors (Lipinski definition) is 5. The third-order valence-electron chi connectivity index (χ3n) is 4.65. The van der Waals surface area contributed by atoms with E-state index in [2.05, 4.69) is 20.9 Å². The molecule has 12 heteroatoms. The molecule has 1 aromatic heterocycles. The van der Waals surface area contributed by atoms with Crippen molar-refractivity contribution < 1.29 is 32.7 Å². The SMILES string of the molecule is CC(=O)Nc1cc(F)cc2c1NC(=O)/C2=C\c1[nH]c(C)c(C(=O)NCCO)c1C(F)(F)P. The fourth-order valence-electron chi connectivity index (χ4n) is 3.48. The van der Waals surface area contributed by atoms with Gasteiger partial charge in [0, 0.05) is 30.4 Å². The first-order valence-electron chi connectivity index (χ1n) is 9.37. The minimum atomic E-state index is -3.55. The normalized spacial score (nSPS) is 14.3. The maximum atomic E-state index is 14.5. The number of aromatic nitrogens is 1. The van der Waals surface area contributed by atoms with Crippen LogP contribution in [0, 0.1) is 12.7 Å². The molecule has 2 heterocycles. The van der Waals surface area contributed by atoms with Crippen molar-refractivity contribution in [1.29, 1.82) is 0 Å². The van der Waals surface area contributed by atoms with Crippen LogP contribution in [-0.4, -0.2) is 41.0 Å². The van der Waals surface area contributed by atoms with E-state index in [1.807, 2.05) is 0 Å². The molecule has 0 spiro atoms. The van der Waals surface area contributed by atoms with Gasteiger partial charge in [-0.3, -0.25) is 14.4 Å². The first-order valence-corrected chi connectivity index (χ1v) is 9.95. The van der Waals surface area contributed by atoms with E-state index in [1.54, 1.807) is 0 Å². The first kappa shape index (κ1) is 23.5. The summed E-state index contributed by atoms with van der Waals surface area (Å²) in [7, 11) is 1.34. The number of aromatic amines is 1. The molecule has 0 radical (unpaired) electrons. The molecule has 170 valence electrons. The zero-order valence-corrected chi connectivity index (χ0v) is 18.2. The number of anilines is 2. The molecule has 0 bridgehead atoms. The summed E-state index contributed by atoms with van der Waals surface area (Å²) in [6.07, 6.45) is 1.10. The van der Waals surface area contributed by atoms with Gasteiger partial charge in [0.2, 0.25) is 5.91 Å². The van der Waals surface area contributed by atoms with Crippen LogP contribution in [0.15, 0.2) is 12.1 Å². The van der Waals surface area contributed by atoms with Gasteiger partial charge < -0.3 is 26.0 Å². The van der Waals surface area contributed by atoms with Gasteiger partial charge in [-0.1, -0.05) is 9.24 Å². The fraction of sp³-hybridized carbons (Fsp3) is 0.250. The van der Waals surface area contributed by atoms with Crippen LogP contribution in [-0.2, 0) is 15.3 Å². The molecule has 1 aromatic carbocycles. The molecule has 0 fully saturated rings. The van der Waals surface area contributed by atoms with Gasteiger partial charge in [-0.2, -0.15) is 8.78 Å². The average Bonchev–Trinajstić information content (AvgIpc) is 3.17. The number of amides is 3. The highest BCUT2D eigenvalue weighted by atomic mass is 31.0. The molecule has 1 unspecified atom stereocenters. The lowest BCUT2D eigenvalue weighted by Crippen LogP contribution is -2.28. The summed E-state index contributed by atoms with van der Waals surface area (Å²) in [5, 5.41) is 16.1. The Balaban J connectivity index is 2.18. The molecular formula is C20H20F3N4O4P. The molecule has 1 aliphatic rings. The van der Waals surface area contributed by atoms with Crippen molar-refractivity contribution in [1.82, 2.24) is 10.3 Å². The van der Waals surface area contributed by atoms with E-state index in [0.717, 1.165) is 18.2 Å². The van der Waals surface area contributed by atoms with E-state index in [9.17, 15) is 27.6 Å². The van der Waals surface area contributed by atoms with Gasteiger partial charge in [0.15, 0.2) is 0 Å². The van der Waals surface area contributed by atoms with Crippen molar-refractivity contribution in [3.8, 4) is 0 Å². The molecule has 0 saturated heterocycles. The summed E-state index contributed by atoms with van der Waals surface area (Å²) in [6.45, 7) is 2.11. The number of aliphatic hydroxyl groups excluding tert-OH is 1. The second kappa shape index (κ2) is 8.76. The maximum absolute atomic E-state index is 14.5. The van der Waals surface area contributed by atoms with Gasteiger partial charge in [-0.05, 0) is 25.1 Å². The van der Waals surface area contributed by atoms with E-state index in [0.29, 0.717) is 0 Å². The quantitative estimate of drug-likeness (QED) is 0.330. The number of carbonyl (C=O) groups excluding carboxylic acids is 3. The standard InChI is InChI=1S/C20H20F3N4O4P/c1-8-15(19(31)24-3-4-28)16(20(22,23)32)13(25-8)7-12-11-5-10(21)6-14(26-9(2)29)17(11)27-18(12)30/h5-7,25,28H,3-4,32H2,1-2H3,(H,24,31)(H,26,29)(H,27,30)/b12-7-. The van der Waals surface area contributed by atoms with Crippen molar-refractivity contribution in [3.05, 3.63) is 46.0 Å². The first-order chi connectivity index (χ1) is 14.9. The highest BCUT2D eigenvalue weighted by Crippen LogP contribution is 2.44. The van der Waals surface area contributed by atoms with Crippen LogP contribution < -0.4 is 16.0 Å². The number of aliphatic hydroxyl groups is 1. The molecule has 8 nitrogen and oxygen atoms in total. The Hall–Kier alpha value is -3.17. The number of rotatable bonds is 6. The summed E-state index contributed by atoms with van der Waals surface area (Å²) < 4.78 is 43.1. The monoisotopic (exact) mass is 468 g/mol. The van der Waals surface area contributed by atoms with Crippen molar-refractivity contribution >= 4 is 50.0 Å². The van der Waals surface area contributed by atoms with Crippen molar-refractivity contribution in [3.63, 3.8) is 0 Å². The van der Waals surface area contributed by atoms with E-state index >= 15 is 0 Å². The summed E-state index contributed by atoms with van der Waals surface area (Å²) in [6, 6.07) is 2.06. The third-order valence-corrected chi connectivity index (χ3v) is 4.94. The molecule has 0 aliphatic carbocycles. The summed E-state index contributed by atoms with van der Waals surface area (Å²) in [5.41, 5.74) is -4.59. The highest BCUT2D eigenvalue weighted by molar-refractivity contribution is 7.17. The number of H-pyrrole nitrogens is 1. The van der Waals surface area contributed by atoms with Gasteiger partial charge in [0.25, 0.3) is 17.5 Å². The number of alkyl halides is 2. The molecule has 32 heavy (non-hydrogen) atoms. The summed E-state index contributed by atoms with van der Waals surface area (Å²) in [4.78, 5) is 39.1. The lowest BCUT2D eigenvalue weighted by molar-refractivity contribution is -0.114. The van der Waals surface area contributed by atoms with Gasteiger partial charge in [0.05, 0.1) is 34.7 Å². The fourth-order valence-corrected chi connectivity index (χ4v) is 3.78. The lowest BCUT2D eigenvalue weighted by atomic mass is 10.0. The second-order valence-electron chi connectivity index (χ2n) is 7.09. The van der Waals surface area contributed by atoms with Crippen LogP contribution in [0.4, 0.5) is 24.5 Å². The Morgan fingerprint density at radius 1 is 1.31 bits per heavy atom. The summed E-state index contributed by atoms with van der Waals surface area (Å²) >= 11 is 0. The average molecular weight is 468 g/mol. The number of halogens is 3. The van der Waals surface area contributed by atoms with Crippen LogP contribution in [0.5, 0.6) is 0 Å². The third kappa shape index (κ3) is 4.53. The van der Waals surface area contributed by atoms with Gasteiger partial charge >= 0.3 is 0 Å². The van der Waals surface area contributed by atoms with Crippen molar-refractivity contribution in [2.75, 3.05) is 23.8 Å². The number of benzene rings is 1.